The number of hydrogen-bond donors (Lipinski definition) is 1. The fourth-order valence-corrected chi connectivity index (χ4v) is 2.56. The first-order valence-corrected chi connectivity index (χ1v) is 6.27. The highest BCUT2D eigenvalue weighted by molar-refractivity contribution is 7.98. The molecule has 2 heteroatoms. The third-order valence-electron chi connectivity index (χ3n) is 2.44. The van der Waals surface area contributed by atoms with Gasteiger partial charge in [0.1, 0.15) is 0 Å². The van der Waals surface area contributed by atoms with Gasteiger partial charge in [-0.15, -0.1) is 11.8 Å². The van der Waals surface area contributed by atoms with Gasteiger partial charge in [-0.25, -0.2) is 0 Å². The first-order chi connectivity index (χ1) is 7.75. The van der Waals surface area contributed by atoms with Crippen molar-refractivity contribution < 1.29 is 0 Å². The fraction of sp³-hybridized carbons (Fsp3) is 0.143. The number of para-hydroxylation sites is 1. The van der Waals surface area contributed by atoms with Crippen molar-refractivity contribution in [1.29, 1.82) is 0 Å². The van der Waals surface area contributed by atoms with Crippen LogP contribution in [0.4, 0.5) is 5.69 Å². The number of anilines is 1. The second-order valence-corrected chi connectivity index (χ2v) is 4.85. The van der Waals surface area contributed by atoms with Crippen molar-refractivity contribution in [2.24, 2.45) is 0 Å². The van der Waals surface area contributed by atoms with Crippen molar-refractivity contribution >= 4 is 17.4 Å². The van der Waals surface area contributed by atoms with Crippen LogP contribution < -0.4 is 5.73 Å². The predicted molar refractivity (Wildman–Crippen MR) is 71.6 cm³/mol. The predicted octanol–water partition coefficient (Wildman–Crippen LogP) is 3.87. The summed E-state index contributed by atoms with van der Waals surface area (Å²) in [7, 11) is 0. The maximum absolute atomic E-state index is 5.90. The van der Waals surface area contributed by atoms with Gasteiger partial charge < -0.3 is 5.73 Å². The monoisotopic (exact) mass is 229 g/mol. The summed E-state index contributed by atoms with van der Waals surface area (Å²) in [6, 6.07) is 16.6. The Morgan fingerprint density at radius 2 is 1.88 bits per heavy atom. The van der Waals surface area contributed by atoms with E-state index in [2.05, 4.69) is 37.3 Å². The number of nitrogens with two attached hydrogens (primary N) is 1. The zero-order valence-electron chi connectivity index (χ0n) is 9.31. The van der Waals surface area contributed by atoms with Gasteiger partial charge in [0.25, 0.3) is 0 Å². The van der Waals surface area contributed by atoms with Crippen LogP contribution in [0.5, 0.6) is 0 Å². The summed E-state index contributed by atoms with van der Waals surface area (Å²) in [5.74, 6) is 0.927. The van der Waals surface area contributed by atoms with Crippen LogP contribution in [0.25, 0.3) is 0 Å². The van der Waals surface area contributed by atoms with Crippen molar-refractivity contribution in [3.8, 4) is 0 Å². The van der Waals surface area contributed by atoms with Gasteiger partial charge in [0.15, 0.2) is 0 Å². The average molecular weight is 229 g/mol. The Labute approximate surface area is 101 Å². The molecule has 0 spiro atoms. The number of thioether (sulfide) groups is 1. The molecule has 0 aliphatic heterocycles. The molecule has 2 rings (SSSR count). The van der Waals surface area contributed by atoms with Gasteiger partial charge in [0.05, 0.1) is 0 Å². The summed E-state index contributed by atoms with van der Waals surface area (Å²) >= 11 is 1.82. The summed E-state index contributed by atoms with van der Waals surface area (Å²) < 4.78 is 0. The maximum Gasteiger partial charge on any atom is 0.0355 e. The highest BCUT2D eigenvalue weighted by atomic mass is 32.2. The van der Waals surface area contributed by atoms with E-state index in [1.807, 2.05) is 30.0 Å². The Hall–Kier alpha value is -1.41. The zero-order valence-corrected chi connectivity index (χ0v) is 10.1. The molecular formula is C14H15NS. The van der Waals surface area contributed by atoms with E-state index >= 15 is 0 Å². The number of rotatable bonds is 3. The second-order valence-electron chi connectivity index (χ2n) is 3.80. The van der Waals surface area contributed by atoms with Gasteiger partial charge in [0, 0.05) is 16.3 Å². The van der Waals surface area contributed by atoms with Crippen molar-refractivity contribution in [2.45, 2.75) is 17.6 Å². The van der Waals surface area contributed by atoms with Gasteiger partial charge in [-0.1, -0.05) is 35.9 Å². The number of nitrogen functional groups attached to an aromatic ring is 1. The van der Waals surface area contributed by atoms with Gasteiger partial charge in [0.2, 0.25) is 0 Å². The molecule has 0 amide bonds. The Morgan fingerprint density at radius 1 is 1.06 bits per heavy atom. The van der Waals surface area contributed by atoms with E-state index in [0.717, 1.165) is 11.4 Å². The Bertz CT molecular complexity index is 480. The molecule has 0 aliphatic carbocycles. The molecule has 1 nitrogen and oxygen atoms in total. The van der Waals surface area contributed by atoms with Crippen molar-refractivity contribution in [3.05, 3.63) is 59.7 Å². The van der Waals surface area contributed by atoms with Crippen molar-refractivity contribution in [2.75, 3.05) is 5.73 Å². The highest BCUT2D eigenvalue weighted by Crippen LogP contribution is 2.25. The lowest BCUT2D eigenvalue weighted by molar-refractivity contribution is 1.34. The molecule has 0 unspecified atom stereocenters. The number of aryl methyl sites for hydroxylation is 1. The quantitative estimate of drug-likeness (QED) is 0.638. The highest BCUT2D eigenvalue weighted by Gasteiger charge is 1.99. The van der Waals surface area contributed by atoms with E-state index in [0.29, 0.717) is 0 Å². The summed E-state index contributed by atoms with van der Waals surface area (Å²) in [5.41, 5.74) is 9.28. The molecule has 0 aromatic heterocycles. The molecular weight excluding hydrogens is 214 g/mol. The van der Waals surface area contributed by atoms with Crippen LogP contribution in [0.15, 0.2) is 53.4 Å². The molecule has 2 aromatic rings. The summed E-state index contributed by atoms with van der Waals surface area (Å²) in [4.78, 5) is 1.29. The minimum Gasteiger partial charge on any atom is -0.398 e. The van der Waals surface area contributed by atoms with E-state index < -0.39 is 0 Å². The third kappa shape index (κ3) is 2.80. The molecule has 16 heavy (non-hydrogen) atoms. The van der Waals surface area contributed by atoms with Crippen molar-refractivity contribution in [1.82, 2.24) is 0 Å². The van der Waals surface area contributed by atoms with E-state index in [1.54, 1.807) is 0 Å². The van der Waals surface area contributed by atoms with E-state index in [4.69, 9.17) is 5.73 Å². The second kappa shape index (κ2) is 5.08. The number of hydrogen-bond acceptors (Lipinski definition) is 2. The minimum atomic E-state index is 0.877. The van der Waals surface area contributed by atoms with Crippen LogP contribution in [0.3, 0.4) is 0 Å². The van der Waals surface area contributed by atoms with Crippen LogP contribution in [0.2, 0.25) is 0 Å². The van der Waals surface area contributed by atoms with Crippen LogP contribution in [0, 0.1) is 6.92 Å². The molecule has 0 atom stereocenters. The van der Waals surface area contributed by atoms with Gasteiger partial charge >= 0.3 is 0 Å². The molecule has 0 fully saturated rings. The number of benzene rings is 2. The summed E-state index contributed by atoms with van der Waals surface area (Å²) in [5, 5.41) is 0. The topological polar surface area (TPSA) is 26.0 Å². The lowest BCUT2D eigenvalue weighted by atomic mass is 10.2. The average Bonchev–Trinajstić information content (AvgIpc) is 2.28. The van der Waals surface area contributed by atoms with Gasteiger partial charge in [-0.2, -0.15) is 0 Å². The molecule has 0 bridgehead atoms. The molecule has 2 aromatic carbocycles. The van der Waals surface area contributed by atoms with Crippen LogP contribution in [-0.2, 0) is 5.75 Å². The van der Waals surface area contributed by atoms with Crippen LogP contribution >= 0.6 is 11.8 Å². The zero-order chi connectivity index (χ0) is 11.4. The molecule has 0 radical (unpaired) electrons. The summed E-state index contributed by atoms with van der Waals surface area (Å²) in [6.45, 7) is 2.11. The molecule has 0 aliphatic rings. The normalized spacial score (nSPS) is 10.3. The van der Waals surface area contributed by atoms with Crippen LogP contribution in [-0.4, -0.2) is 0 Å². The molecule has 82 valence electrons. The Morgan fingerprint density at radius 3 is 2.62 bits per heavy atom. The first kappa shape index (κ1) is 11.1. The Balaban J connectivity index is 2.05. The smallest absolute Gasteiger partial charge is 0.0355 e. The standard InChI is InChI=1S/C14H15NS/c1-11-5-4-7-13(9-11)16-10-12-6-2-3-8-14(12)15/h2-9H,10,15H2,1H3. The van der Waals surface area contributed by atoms with E-state index in [-0.39, 0.29) is 0 Å². The molecule has 0 saturated carbocycles. The SMILES string of the molecule is Cc1cccc(SCc2ccccc2N)c1. The van der Waals surface area contributed by atoms with E-state index in [9.17, 15) is 0 Å². The molecule has 2 N–H and O–H groups in total. The molecule has 0 saturated heterocycles. The summed E-state index contributed by atoms with van der Waals surface area (Å²) in [6.07, 6.45) is 0. The maximum atomic E-state index is 5.90. The molecule has 0 heterocycles. The largest absolute Gasteiger partial charge is 0.398 e. The van der Waals surface area contributed by atoms with Gasteiger partial charge in [-0.05, 0) is 30.7 Å². The third-order valence-corrected chi connectivity index (χ3v) is 3.48. The lowest BCUT2D eigenvalue weighted by Crippen LogP contribution is -1.91. The first-order valence-electron chi connectivity index (χ1n) is 5.28. The minimum absolute atomic E-state index is 0.877. The fourth-order valence-electron chi connectivity index (χ4n) is 1.53. The van der Waals surface area contributed by atoms with Gasteiger partial charge in [-0.3, -0.25) is 0 Å². The van der Waals surface area contributed by atoms with E-state index in [1.165, 1.54) is 16.0 Å². The Kier molecular flexibility index (Phi) is 3.52. The van der Waals surface area contributed by atoms with Crippen molar-refractivity contribution in [3.63, 3.8) is 0 Å². The van der Waals surface area contributed by atoms with Crippen LogP contribution in [0.1, 0.15) is 11.1 Å². The lowest BCUT2D eigenvalue weighted by Gasteiger charge is -2.05.